The SMILES string of the molecule is CCCCC(=O)OC[C@H]1O[C@@H](N2CN=C3C2=NC=NC3(N)C2CCCC2)[C@H](O)[C@@H]1O. The monoisotopic (exact) mass is 421 g/mol. The van der Waals surface area contributed by atoms with Crippen molar-refractivity contribution in [3.8, 4) is 0 Å². The number of rotatable bonds is 7. The average Bonchev–Trinajstić information content (AvgIpc) is 3.47. The maximum atomic E-state index is 11.8. The van der Waals surface area contributed by atoms with Gasteiger partial charge in [-0.3, -0.25) is 9.79 Å². The molecule has 10 nitrogen and oxygen atoms in total. The Balaban J connectivity index is 1.42. The van der Waals surface area contributed by atoms with Gasteiger partial charge in [0.15, 0.2) is 17.7 Å². The minimum Gasteiger partial charge on any atom is -0.463 e. The number of nitrogens with zero attached hydrogens (tertiary/aromatic N) is 4. The van der Waals surface area contributed by atoms with Crippen LogP contribution in [0.3, 0.4) is 0 Å². The highest BCUT2D eigenvalue weighted by atomic mass is 16.6. The lowest BCUT2D eigenvalue weighted by Crippen LogP contribution is -2.58. The van der Waals surface area contributed by atoms with Crippen LogP contribution >= 0.6 is 0 Å². The summed E-state index contributed by atoms with van der Waals surface area (Å²) in [4.78, 5) is 26.9. The van der Waals surface area contributed by atoms with Crippen molar-refractivity contribution in [2.75, 3.05) is 13.3 Å². The molecule has 3 aliphatic heterocycles. The van der Waals surface area contributed by atoms with E-state index in [2.05, 4.69) is 15.0 Å². The Bertz CT molecular complexity index is 750. The number of aliphatic hydroxyl groups excluding tert-OH is 2. The first-order valence-corrected chi connectivity index (χ1v) is 10.8. The molecule has 0 spiro atoms. The number of hydrogen-bond acceptors (Lipinski definition) is 10. The molecule has 0 aromatic rings. The van der Waals surface area contributed by atoms with Crippen molar-refractivity contribution in [3.05, 3.63) is 0 Å². The Kier molecular flexibility index (Phi) is 6.19. The molecular formula is C20H31N5O5. The molecule has 0 aromatic carbocycles. The molecule has 4 aliphatic rings. The van der Waals surface area contributed by atoms with Gasteiger partial charge >= 0.3 is 5.97 Å². The number of carbonyl (C=O) groups is 1. The molecule has 1 saturated heterocycles. The summed E-state index contributed by atoms with van der Waals surface area (Å²) in [5, 5.41) is 21.0. The van der Waals surface area contributed by atoms with Gasteiger partial charge in [-0.25, -0.2) is 9.98 Å². The summed E-state index contributed by atoms with van der Waals surface area (Å²) in [7, 11) is 0. The number of carbonyl (C=O) groups excluding carboxylic acids is 1. The van der Waals surface area contributed by atoms with Crippen LogP contribution in [-0.2, 0) is 14.3 Å². The van der Waals surface area contributed by atoms with Crippen molar-refractivity contribution in [3.63, 3.8) is 0 Å². The van der Waals surface area contributed by atoms with E-state index < -0.39 is 30.2 Å². The average molecular weight is 421 g/mol. The van der Waals surface area contributed by atoms with Gasteiger partial charge in [-0.1, -0.05) is 26.2 Å². The van der Waals surface area contributed by atoms with Crippen molar-refractivity contribution in [2.24, 2.45) is 26.6 Å². The van der Waals surface area contributed by atoms with Crippen LogP contribution in [0.25, 0.3) is 0 Å². The number of esters is 1. The molecule has 4 rings (SSSR count). The van der Waals surface area contributed by atoms with Crippen LogP contribution in [0.15, 0.2) is 15.0 Å². The molecule has 0 bridgehead atoms. The Morgan fingerprint density at radius 3 is 2.87 bits per heavy atom. The van der Waals surface area contributed by atoms with Gasteiger partial charge in [0, 0.05) is 12.3 Å². The third-order valence-electron chi connectivity index (χ3n) is 6.46. The lowest BCUT2D eigenvalue weighted by Gasteiger charge is -2.35. The molecule has 0 radical (unpaired) electrons. The second-order valence-electron chi connectivity index (χ2n) is 8.45. The third kappa shape index (κ3) is 3.77. The van der Waals surface area contributed by atoms with Crippen LogP contribution in [0.4, 0.5) is 0 Å². The number of ether oxygens (including phenoxy) is 2. The van der Waals surface area contributed by atoms with E-state index in [4.69, 9.17) is 15.2 Å². The third-order valence-corrected chi connectivity index (χ3v) is 6.46. The molecular weight excluding hydrogens is 390 g/mol. The Labute approximate surface area is 175 Å². The molecule has 166 valence electrons. The normalized spacial score (nSPS) is 36.1. The van der Waals surface area contributed by atoms with E-state index >= 15 is 0 Å². The van der Waals surface area contributed by atoms with Gasteiger partial charge in [-0.05, 0) is 19.3 Å². The van der Waals surface area contributed by atoms with Gasteiger partial charge in [0.05, 0.1) is 0 Å². The lowest BCUT2D eigenvalue weighted by atomic mass is 9.86. The van der Waals surface area contributed by atoms with Gasteiger partial charge < -0.3 is 30.3 Å². The minimum absolute atomic E-state index is 0.115. The maximum absolute atomic E-state index is 11.8. The highest BCUT2D eigenvalue weighted by molar-refractivity contribution is 6.47. The first-order valence-electron chi connectivity index (χ1n) is 10.8. The van der Waals surface area contributed by atoms with Gasteiger partial charge in [-0.2, -0.15) is 0 Å². The maximum Gasteiger partial charge on any atom is 0.305 e. The number of aliphatic hydroxyl groups is 2. The fourth-order valence-corrected chi connectivity index (χ4v) is 4.66. The fourth-order valence-electron chi connectivity index (χ4n) is 4.66. The Hall–Kier alpha value is -1.88. The van der Waals surface area contributed by atoms with Crippen molar-refractivity contribution < 1.29 is 24.5 Å². The summed E-state index contributed by atoms with van der Waals surface area (Å²) in [5.41, 5.74) is 6.36. The summed E-state index contributed by atoms with van der Waals surface area (Å²) in [6.07, 6.45) is 3.58. The molecule has 10 heteroatoms. The summed E-state index contributed by atoms with van der Waals surface area (Å²) in [5.74, 6) is 0.388. The first kappa shape index (κ1) is 21.4. The molecule has 2 fully saturated rings. The van der Waals surface area contributed by atoms with Crippen molar-refractivity contribution in [1.29, 1.82) is 0 Å². The molecule has 0 aromatic heterocycles. The number of unbranched alkanes of at least 4 members (excludes halogenated alkanes) is 1. The zero-order chi connectivity index (χ0) is 21.3. The van der Waals surface area contributed by atoms with Crippen LogP contribution in [-0.4, -0.2) is 82.4 Å². The molecule has 1 aliphatic carbocycles. The Morgan fingerprint density at radius 2 is 2.13 bits per heavy atom. The summed E-state index contributed by atoms with van der Waals surface area (Å²) in [6.45, 7) is 2.09. The quantitative estimate of drug-likeness (QED) is 0.497. The first-order chi connectivity index (χ1) is 14.5. The number of nitrogens with two attached hydrogens (primary N) is 1. The highest BCUT2D eigenvalue weighted by Crippen LogP contribution is 2.38. The van der Waals surface area contributed by atoms with E-state index in [1.807, 2.05) is 6.92 Å². The van der Waals surface area contributed by atoms with E-state index in [9.17, 15) is 15.0 Å². The van der Waals surface area contributed by atoms with Crippen LogP contribution in [0.5, 0.6) is 0 Å². The predicted molar refractivity (Wildman–Crippen MR) is 110 cm³/mol. The summed E-state index contributed by atoms with van der Waals surface area (Å²) < 4.78 is 11.1. The van der Waals surface area contributed by atoms with Gasteiger partial charge in [-0.15, -0.1) is 0 Å². The zero-order valence-electron chi connectivity index (χ0n) is 17.3. The second kappa shape index (κ2) is 8.70. The van der Waals surface area contributed by atoms with Crippen LogP contribution in [0.2, 0.25) is 0 Å². The predicted octanol–water partition coefficient (Wildman–Crippen LogP) is 0.166. The second-order valence-corrected chi connectivity index (χ2v) is 8.45. The van der Waals surface area contributed by atoms with Crippen molar-refractivity contribution >= 4 is 23.9 Å². The molecule has 3 heterocycles. The molecule has 30 heavy (non-hydrogen) atoms. The largest absolute Gasteiger partial charge is 0.463 e. The summed E-state index contributed by atoms with van der Waals surface area (Å²) >= 11 is 0. The molecule has 1 unspecified atom stereocenters. The van der Waals surface area contributed by atoms with Gasteiger partial charge in [0.2, 0.25) is 0 Å². The number of fused-ring (bicyclic) bond motifs is 1. The lowest BCUT2D eigenvalue weighted by molar-refractivity contribution is -0.150. The standard InChI is InChI=1S/C20H31N5O5/c1-2-3-8-14(26)29-9-13-15(27)16(28)19(30-13)25-11-23-17-18(25)22-10-24-20(17,21)12-6-4-5-7-12/h10,12-13,15-16,19,27-28H,2-9,11,21H2,1H3/t13-,15-,16-,19-,20?/m1/s1. The number of aliphatic imine (C=N–C) groups is 3. The van der Waals surface area contributed by atoms with E-state index in [0.29, 0.717) is 18.0 Å². The van der Waals surface area contributed by atoms with E-state index in [-0.39, 0.29) is 25.2 Å². The van der Waals surface area contributed by atoms with Gasteiger partial charge in [0.25, 0.3) is 0 Å². The highest BCUT2D eigenvalue weighted by Gasteiger charge is 2.52. The van der Waals surface area contributed by atoms with Crippen LogP contribution in [0, 0.1) is 5.92 Å². The minimum atomic E-state index is -1.20. The zero-order valence-corrected chi connectivity index (χ0v) is 17.3. The van der Waals surface area contributed by atoms with Crippen LogP contribution in [0.1, 0.15) is 51.9 Å². The number of amidine groups is 1. The van der Waals surface area contributed by atoms with Crippen molar-refractivity contribution in [2.45, 2.75) is 82.1 Å². The fraction of sp³-hybridized carbons (Fsp3) is 0.800. The smallest absolute Gasteiger partial charge is 0.305 e. The Morgan fingerprint density at radius 1 is 1.37 bits per heavy atom. The number of hydrogen-bond donors (Lipinski definition) is 3. The van der Waals surface area contributed by atoms with Crippen molar-refractivity contribution in [1.82, 2.24) is 4.90 Å². The topological polar surface area (TPSA) is 142 Å². The van der Waals surface area contributed by atoms with Crippen LogP contribution < -0.4 is 5.73 Å². The molecule has 5 atom stereocenters. The molecule has 1 saturated carbocycles. The van der Waals surface area contributed by atoms with Gasteiger partial charge in [0.1, 0.15) is 43.6 Å². The summed E-state index contributed by atoms with van der Waals surface area (Å²) in [6, 6.07) is 0. The molecule has 0 amide bonds. The van der Waals surface area contributed by atoms with E-state index in [0.717, 1.165) is 38.5 Å². The van der Waals surface area contributed by atoms with E-state index in [1.54, 1.807) is 4.90 Å². The molecule has 4 N–H and O–H groups in total. The van der Waals surface area contributed by atoms with E-state index in [1.165, 1.54) is 6.34 Å².